The summed E-state index contributed by atoms with van der Waals surface area (Å²) >= 11 is 0. The lowest BCUT2D eigenvalue weighted by Crippen LogP contribution is -2.63. The summed E-state index contributed by atoms with van der Waals surface area (Å²) in [5.74, 6) is 0. The van der Waals surface area contributed by atoms with Crippen molar-refractivity contribution in [3.8, 4) is 0 Å². The van der Waals surface area contributed by atoms with Crippen molar-refractivity contribution in [2.75, 3.05) is 5.32 Å². The number of carbonyl (C=O) groups is 1. The number of pyridine rings is 1. The minimum absolute atomic E-state index is 0.0692. The predicted octanol–water partition coefficient (Wildman–Crippen LogP) is 2.69. The van der Waals surface area contributed by atoms with E-state index in [4.69, 9.17) is 0 Å². The zero-order valence-electron chi connectivity index (χ0n) is 9.42. The molecule has 7 heteroatoms. The van der Waals surface area contributed by atoms with Crippen LogP contribution >= 0.6 is 0 Å². The summed E-state index contributed by atoms with van der Waals surface area (Å²) < 4.78 is 38.4. The molecule has 0 aliphatic heterocycles. The highest BCUT2D eigenvalue weighted by atomic mass is 19.4. The molecule has 1 saturated carbocycles. The number of carbonyl (C=O) groups excluding carboxylic acids is 1. The summed E-state index contributed by atoms with van der Waals surface area (Å²) in [5.41, 5.74) is -1.66. The zero-order valence-corrected chi connectivity index (χ0v) is 9.42. The van der Waals surface area contributed by atoms with E-state index in [0.29, 0.717) is 12.1 Å². The van der Waals surface area contributed by atoms with Crippen molar-refractivity contribution < 1.29 is 18.0 Å². The topological polar surface area (TPSA) is 54.0 Å². The summed E-state index contributed by atoms with van der Waals surface area (Å²) in [7, 11) is 0. The molecule has 0 aromatic carbocycles. The second kappa shape index (κ2) is 4.47. The maximum atomic E-state index is 12.8. The van der Waals surface area contributed by atoms with E-state index in [0.717, 1.165) is 0 Å². The van der Waals surface area contributed by atoms with Gasteiger partial charge in [-0.05, 0) is 31.4 Å². The monoisotopic (exact) mass is 259 g/mol. The largest absolute Gasteiger partial charge is 0.411 e. The number of urea groups is 1. The van der Waals surface area contributed by atoms with Crippen LogP contribution in [0, 0.1) is 0 Å². The van der Waals surface area contributed by atoms with E-state index in [1.807, 2.05) is 5.32 Å². The molecule has 0 atom stereocenters. The van der Waals surface area contributed by atoms with Crippen molar-refractivity contribution in [1.82, 2.24) is 10.3 Å². The third-order valence-electron chi connectivity index (χ3n) is 3.04. The van der Waals surface area contributed by atoms with Gasteiger partial charge in [0.05, 0.1) is 0 Å². The third kappa shape index (κ3) is 2.39. The number of anilines is 1. The predicted molar refractivity (Wildman–Crippen MR) is 59.0 cm³/mol. The first-order valence-corrected chi connectivity index (χ1v) is 5.49. The van der Waals surface area contributed by atoms with E-state index < -0.39 is 17.7 Å². The van der Waals surface area contributed by atoms with E-state index in [-0.39, 0.29) is 12.8 Å². The molecule has 0 bridgehead atoms. The Bertz CT molecular complexity index is 429. The van der Waals surface area contributed by atoms with Crippen LogP contribution in [-0.4, -0.2) is 22.7 Å². The summed E-state index contributed by atoms with van der Waals surface area (Å²) in [6.07, 6.45) is -1.20. The molecule has 98 valence electrons. The van der Waals surface area contributed by atoms with Gasteiger partial charge in [-0.2, -0.15) is 13.2 Å². The van der Waals surface area contributed by atoms with Crippen LogP contribution < -0.4 is 10.6 Å². The standard InChI is InChI=1S/C11H12F3N3O/c12-11(13,14)10(4-1-5-10)17-9(18)16-8-2-6-15-7-3-8/h2-3,6-7H,1,4-5H2,(H2,15,16,17,18). The molecule has 4 nitrogen and oxygen atoms in total. The van der Waals surface area contributed by atoms with Gasteiger partial charge in [0.2, 0.25) is 0 Å². The van der Waals surface area contributed by atoms with Crippen LogP contribution in [0.4, 0.5) is 23.7 Å². The Hall–Kier alpha value is -1.79. The van der Waals surface area contributed by atoms with Gasteiger partial charge in [0.25, 0.3) is 0 Å². The number of amides is 2. The Morgan fingerprint density at radius 2 is 1.89 bits per heavy atom. The van der Waals surface area contributed by atoms with Crippen LogP contribution in [-0.2, 0) is 0 Å². The third-order valence-corrected chi connectivity index (χ3v) is 3.04. The molecule has 0 unspecified atom stereocenters. The number of halogens is 3. The van der Waals surface area contributed by atoms with Crippen molar-refractivity contribution in [1.29, 1.82) is 0 Å². The smallest absolute Gasteiger partial charge is 0.323 e. The summed E-state index contributed by atoms with van der Waals surface area (Å²) in [4.78, 5) is 15.3. The average Bonchev–Trinajstić information content (AvgIpc) is 2.23. The molecule has 0 spiro atoms. The molecule has 2 amide bonds. The van der Waals surface area contributed by atoms with E-state index in [1.54, 1.807) is 0 Å². The van der Waals surface area contributed by atoms with Gasteiger partial charge < -0.3 is 10.6 Å². The maximum Gasteiger partial charge on any atom is 0.411 e. The zero-order chi connectivity index (χ0) is 13.2. The van der Waals surface area contributed by atoms with E-state index in [1.165, 1.54) is 24.5 Å². The van der Waals surface area contributed by atoms with Crippen LogP contribution in [0.3, 0.4) is 0 Å². The lowest BCUT2D eigenvalue weighted by Gasteiger charge is -2.43. The number of hydrogen-bond acceptors (Lipinski definition) is 2. The van der Waals surface area contributed by atoms with Crippen LogP contribution in [0.5, 0.6) is 0 Å². The molecule has 1 aliphatic rings. The van der Waals surface area contributed by atoms with Crippen molar-refractivity contribution in [2.45, 2.75) is 31.0 Å². The molecular weight excluding hydrogens is 247 g/mol. The van der Waals surface area contributed by atoms with Crippen molar-refractivity contribution in [2.24, 2.45) is 0 Å². The fourth-order valence-electron chi connectivity index (χ4n) is 1.82. The molecule has 1 aromatic heterocycles. The number of hydrogen-bond donors (Lipinski definition) is 2. The van der Waals surface area contributed by atoms with Gasteiger partial charge in [0.1, 0.15) is 5.54 Å². The average molecular weight is 259 g/mol. The van der Waals surface area contributed by atoms with Crippen molar-refractivity contribution in [3.05, 3.63) is 24.5 Å². The van der Waals surface area contributed by atoms with Gasteiger partial charge >= 0.3 is 12.2 Å². The highest BCUT2D eigenvalue weighted by molar-refractivity contribution is 5.89. The number of nitrogens with one attached hydrogen (secondary N) is 2. The van der Waals surface area contributed by atoms with E-state index in [9.17, 15) is 18.0 Å². The minimum Gasteiger partial charge on any atom is -0.323 e. The Balaban J connectivity index is 1.99. The normalized spacial score (nSPS) is 17.7. The van der Waals surface area contributed by atoms with Crippen molar-refractivity contribution >= 4 is 11.7 Å². The molecule has 0 radical (unpaired) electrons. The van der Waals surface area contributed by atoms with Crippen LogP contribution in [0.15, 0.2) is 24.5 Å². The lowest BCUT2D eigenvalue weighted by atomic mass is 9.76. The first-order chi connectivity index (χ1) is 8.43. The van der Waals surface area contributed by atoms with E-state index >= 15 is 0 Å². The molecule has 18 heavy (non-hydrogen) atoms. The highest BCUT2D eigenvalue weighted by Gasteiger charge is 2.59. The Kier molecular flexibility index (Phi) is 3.14. The maximum absolute atomic E-state index is 12.8. The van der Waals surface area contributed by atoms with Crippen molar-refractivity contribution in [3.63, 3.8) is 0 Å². The number of alkyl halides is 3. The fraction of sp³-hybridized carbons (Fsp3) is 0.455. The van der Waals surface area contributed by atoms with Crippen LogP contribution in [0.1, 0.15) is 19.3 Å². The van der Waals surface area contributed by atoms with Crippen LogP contribution in [0.25, 0.3) is 0 Å². The first-order valence-electron chi connectivity index (χ1n) is 5.49. The Morgan fingerprint density at radius 3 is 2.33 bits per heavy atom. The fourth-order valence-corrected chi connectivity index (χ4v) is 1.82. The first kappa shape index (κ1) is 12.7. The SMILES string of the molecule is O=C(Nc1ccncc1)NC1(C(F)(F)F)CCC1. The molecule has 2 rings (SSSR count). The quantitative estimate of drug-likeness (QED) is 0.858. The second-order valence-electron chi connectivity index (χ2n) is 4.25. The number of rotatable bonds is 2. The Morgan fingerprint density at radius 1 is 1.28 bits per heavy atom. The summed E-state index contributed by atoms with van der Waals surface area (Å²) in [6.45, 7) is 0. The van der Waals surface area contributed by atoms with Gasteiger partial charge in [-0.25, -0.2) is 4.79 Å². The van der Waals surface area contributed by atoms with Gasteiger partial charge in [-0.15, -0.1) is 0 Å². The molecule has 1 aliphatic carbocycles. The van der Waals surface area contributed by atoms with Gasteiger partial charge in [0.15, 0.2) is 0 Å². The molecular formula is C11H12F3N3O. The molecule has 2 N–H and O–H groups in total. The van der Waals surface area contributed by atoms with Gasteiger partial charge in [0, 0.05) is 18.1 Å². The van der Waals surface area contributed by atoms with Crippen LogP contribution in [0.2, 0.25) is 0 Å². The van der Waals surface area contributed by atoms with E-state index in [2.05, 4.69) is 10.3 Å². The summed E-state index contributed by atoms with van der Waals surface area (Å²) in [5, 5.41) is 4.37. The molecule has 1 fully saturated rings. The number of nitrogens with zero attached hydrogens (tertiary/aromatic N) is 1. The number of aromatic nitrogens is 1. The highest BCUT2D eigenvalue weighted by Crippen LogP contribution is 2.45. The van der Waals surface area contributed by atoms with Gasteiger partial charge in [-0.1, -0.05) is 0 Å². The Labute approximate surface area is 102 Å². The lowest BCUT2D eigenvalue weighted by molar-refractivity contribution is -0.214. The van der Waals surface area contributed by atoms with Gasteiger partial charge in [-0.3, -0.25) is 4.98 Å². The molecule has 1 heterocycles. The minimum atomic E-state index is -4.42. The molecule has 1 aromatic rings. The second-order valence-corrected chi connectivity index (χ2v) is 4.25. The molecule has 0 saturated heterocycles. The summed E-state index contributed by atoms with van der Waals surface area (Å²) in [6, 6.07) is 2.15.